The molecule has 4 aromatic heterocycles. The monoisotopic (exact) mass is 604 g/mol. The molecule has 7 heteroatoms. The lowest BCUT2D eigenvalue weighted by molar-refractivity contribution is 0.668. The largest absolute Gasteiger partial charge is 0.456 e. The van der Waals surface area contributed by atoms with Gasteiger partial charge in [0.15, 0.2) is 23.3 Å². The number of hydrogen-bond donors (Lipinski definition) is 0. The van der Waals surface area contributed by atoms with Crippen LogP contribution in [-0.4, -0.2) is 29.9 Å². The lowest BCUT2D eigenvalue weighted by Crippen LogP contribution is -2.00. The molecule has 4 heterocycles. The van der Waals surface area contributed by atoms with E-state index >= 15 is 0 Å². The second-order valence-corrected chi connectivity index (χ2v) is 11.2. The Hall–Kier alpha value is -6.60. The van der Waals surface area contributed by atoms with Crippen LogP contribution in [0.3, 0.4) is 0 Å². The summed E-state index contributed by atoms with van der Waals surface area (Å²) < 4.78 is 6.11. The summed E-state index contributed by atoms with van der Waals surface area (Å²) in [5.41, 5.74) is 7.74. The number of fused-ring (bicyclic) bond motifs is 4. The second kappa shape index (κ2) is 11.1. The van der Waals surface area contributed by atoms with E-state index in [1.807, 2.05) is 128 Å². The first-order chi connectivity index (χ1) is 23.3. The number of furan rings is 1. The highest BCUT2D eigenvalue weighted by Gasteiger charge is 2.16. The molecule has 0 aliphatic rings. The third kappa shape index (κ3) is 4.87. The molecule has 0 saturated heterocycles. The number of hydrogen-bond acceptors (Lipinski definition) is 7. The van der Waals surface area contributed by atoms with E-state index in [9.17, 15) is 0 Å². The summed E-state index contributed by atoms with van der Waals surface area (Å²) in [5, 5.41) is 2.93. The van der Waals surface area contributed by atoms with E-state index in [0.29, 0.717) is 29.0 Å². The van der Waals surface area contributed by atoms with Gasteiger partial charge in [-0.25, -0.2) is 24.9 Å². The molecule has 0 aliphatic heterocycles. The van der Waals surface area contributed by atoms with E-state index in [2.05, 4.69) is 23.2 Å². The van der Waals surface area contributed by atoms with Crippen LogP contribution in [0.4, 0.5) is 0 Å². The summed E-state index contributed by atoms with van der Waals surface area (Å²) in [6.07, 6.45) is 3.68. The predicted molar refractivity (Wildman–Crippen MR) is 185 cm³/mol. The normalized spacial score (nSPS) is 11.4. The summed E-state index contributed by atoms with van der Waals surface area (Å²) in [6, 6.07) is 44.2. The molecule has 0 bridgehead atoms. The zero-order chi connectivity index (χ0) is 31.2. The Balaban J connectivity index is 1.15. The van der Waals surface area contributed by atoms with Gasteiger partial charge in [-0.15, -0.1) is 0 Å². The molecule has 220 valence electrons. The van der Waals surface area contributed by atoms with Crippen molar-refractivity contribution in [1.82, 2.24) is 29.9 Å². The van der Waals surface area contributed by atoms with E-state index < -0.39 is 0 Å². The van der Waals surface area contributed by atoms with Gasteiger partial charge in [0, 0.05) is 56.9 Å². The average Bonchev–Trinajstić information content (AvgIpc) is 3.53. The van der Waals surface area contributed by atoms with Crippen molar-refractivity contribution in [3.63, 3.8) is 0 Å². The van der Waals surface area contributed by atoms with E-state index in [0.717, 1.165) is 60.7 Å². The minimum atomic E-state index is 0.529. The third-order valence-electron chi connectivity index (χ3n) is 8.23. The van der Waals surface area contributed by atoms with Crippen LogP contribution in [0.15, 0.2) is 150 Å². The van der Waals surface area contributed by atoms with Crippen LogP contribution in [0.1, 0.15) is 0 Å². The van der Waals surface area contributed by atoms with E-state index in [-0.39, 0.29) is 0 Å². The fraction of sp³-hybridized carbons (Fsp3) is 0. The van der Waals surface area contributed by atoms with Crippen molar-refractivity contribution in [2.24, 2.45) is 0 Å². The second-order valence-electron chi connectivity index (χ2n) is 11.2. The minimum Gasteiger partial charge on any atom is -0.456 e. The summed E-state index contributed by atoms with van der Waals surface area (Å²) in [4.78, 5) is 29.1. The van der Waals surface area contributed by atoms with Crippen molar-refractivity contribution < 1.29 is 4.42 Å². The first-order valence-corrected chi connectivity index (χ1v) is 15.3. The highest BCUT2D eigenvalue weighted by molar-refractivity contribution is 6.05. The summed E-state index contributed by atoms with van der Waals surface area (Å²) >= 11 is 0. The highest BCUT2D eigenvalue weighted by atomic mass is 16.3. The van der Waals surface area contributed by atoms with Crippen LogP contribution in [-0.2, 0) is 0 Å². The summed E-state index contributed by atoms with van der Waals surface area (Å²) in [7, 11) is 0. The summed E-state index contributed by atoms with van der Waals surface area (Å²) in [6.45, 7) is 0. The maximum absolute atomic E-state index is 6.11. The molecular formula is C40H24N6O. The molecule has 0 saturated carbocycles. The molecular weight excluding hydrogens is 580 g/mol. The Morgan fingerprint density at radius 3 is 1.81 bits per heavy atom. The Bertz CT molecular complexity index is 2520. The maximum Gasteiger partial charge on any atom is 0.178 e. The highest BCUT2D eigenvalue weighted by Crippen LogP contribution is 2.33. The van der Waals surface area contributed by atoms with E-state index in [1.165, 1.54) is 0 Å². The zero-order valence-electron chi connectivity index (χ0n) is 24.9. The van der Waals surface area contributed by atoms with Crippen LogP contribution in [0.5, 0.6) is 0 Å². The van der Waals surface area contributed by atoms with Gasteiger partial charge < -0.3 is 4.42 Å². The molecule has 9 aromatic rings. The van der Waals surface area contributed by atoms with Gasteiger partial charge >= 0.3 is 0 Å². The molecule has 0 amide bonds. The standard InChI is InChI=1S/C40H24N6O/c1-3-11-25(12-4-1)37-44-38(26-13-5-2-6-14-26)46-39(45-37)28-16-9-15-27(21-28)30-19-10-17-29-23-42-40(43-36(29)30)33-22-35-32(24-41-33)31-18-7-8-20-34(31)47-35/h1-24H. The molecule has 0 fully saturated rings. The SMILES string of the molecule is c1ccc(-c2nc(-c3ccccc3)nc(-c3cccc(-c4cccc5cnc(-c6cc7oc8ccccc8c7cn6)nc45)c3)n2)cc1. The number of nitrogens with zero attached hydrogens (tertiary/aromatic N) is 6. The quantitative estimate of drug-likeness (QED) is 0.193. The van der Waals surface area contributed by atoms with Gasteiger partial charge in [-0.1, -0.05) is 115 Å². The first-order valence-electron chi connectivity index (χ1n) is 15.3. The Morgan fingerprint density at radius 2 is 1.04 bits per heavy atom. The fourth-order valence-corrected chi connectivity index (χ4v) is 5.92. The topological polar surface area (TPSA) is 90.5 Å². The lowest BCUT2D eigenvalue weighted by Gasteiger charge is -2.11. The smallest absolute Gasteiger partial charge is 0.178 e. The molecule has 0 N–H and O–H groups in total. The van der Waals surface area contributed by atoms with Crippen molar-refractivity contribution in [3.8, 4) is 56.8 Å². The number of para-hydroxylation sites is 2. The van der Waals surface area contributed by atoms with Gasteiger partial charge in [-0.3, -0.25) is 4.98 Å². The minimum absolute atomic E-state index is 0.529. The number of rotatable bonds is 5. The van der Waals surface area contributed by atoms with Crippen LogP contribution in [0.25, 0.3) is 89.7 Å². The number of benzene rings is 5. The van der Waals surface area contributed by atoms with Crippen LogP contribution in [0, 0.1) is 0 Å². The van der Waals surface area contributed by atoms with E-state index in [1.54, 1.807) is 0 Å². The van der Waals surface area contributed by atoms with Crippen molar-refractivity contribution in [2.45, 2.75) is 0 Å². The number of pyridine rings is 1. The van der Waals surface area contributed by atoms with Gasteiger partial charge in [-0.05, 0) is 17.7 Å². The van der Waals surface area contributed by atoms with Gasteiger partial charge in [0.2, 0.25) is 0 Å². The lowest BCUT2D eigenvalue weighted by atomic mass is 10.00. The Labute approximate surface area is 269 Å². The average molecular weight is 605 g/mol. The number of aromatic nitrogens is 6. The molecule has 0 radical (unpaired) electrons. The molecule has 0 spiro atoms. The van der Waals surface area contributed by atoms with Crippen LogP contribution in [0.2, 0.25) is 0 Å². The molecule has 0 atom stereocenters. The van der Waals surface area contributed by atoms with E-state index in [4.69, 9.17) is 29.3 Å². The Morgan fingerprint density at radius 1 is 0.404 bits per heavy atom. The molecule has 5 aromatic carbocycles. The first kappa shape index (κ1) is 26.8. The molecule has 9 rings (SSSR count). The van der Waals surface area contributed by atoms with Crippen molar-refractivity contribution in [1.29, 1.82) is 0 Å². The van der Waals surface area contributed by atoms with Gasteiger partial charge in [-0.2, -0.15) is 0 Å². The molecule has 0 aliphatic carbocycles. The third-order valence-corrected chi connectivity index (χ3v) is 8.23. The molecule has 0 unspecified atom stereocenters. The van der Waals surface area contributed by atoms with Gasteiger partial charge in [0.05, 0.1) is 5.52 Å². The molecule has 7 nitrogen and oxygen atoms in total. The van der Waals surface area contributed by atoms with Crippen molar-refractivity contribution in [2.75, 3.05) is 0 Å². The zero-order valence-corrected chi connectivity index (χ0v) is 24.9. The van der Waals surface area contributed by atoms with Crippen LogP contribution >= 0.6 is 0 Å². The fourth-order valence-electron chi connectivity index (χ4n) is 5.92. The summed E-state index contributed by atoms with van der Waals surface area (Å²) in [5.74, 6) is 2.37. The van der Waals surface area contributed by atoms with Crippen molar-refractivity contribution in [3.05, 3.63) is 146 Å². The maximum atomic E-state index is 6.11. The van der Waals surface area contributed by atoms with Gasteiger partial charge in [0.25, 0.3) is 0 Å². The van der Waals surface area contributed by atoms with Gasteiger partial charge in [0.1, 0.15) is 16.9 Å². The predicted octanol–water partition coefficient (Wildman–Crippen LogP) is 9.44. The van der Waals surface area contributed by atoms with Crippen LogP contribution < -0.4 is 0 Å². The molecule has 47 heavy (non-hydrogen) atoms. The van der Waals surface area contributed by atoms with Crippen molar-refractivity contribution >= 4 is 32.8 Å². The Kier molecular flexibility index (Phi) is 6.31.